The van der Waals surface area contributed by atoms with Gasteiger partial charge in [0, 0.05) is 6.04 Å². The molecule has 1 unspecified atom stereocenters. The summed E-state index contributed by atoms with van der Waals surface area (Å²) in [6.45, 7) is 7.72. The number of para-hydroxylation sites is 1. The summed E-state index contributed by atoms with van der Waals surface area (Å²) in [5, 5.41) is 12.6. The third kappa shape index (κ3) is 3.69. The number of carbonyl (C=O) groups excluding carboxylic acids is 3. The van der Waals surface area contributed by atoms with Crippen molar-refractivity contribution in [2.75, 3.05) is 10.6 Å². The fourth-order valence-corrected chi connectivity index (χ4v) is 3.18. The molecule has 1 aliphatic rings. The highest BCUT2D eigenvalue weighted by molar-refractivity contribution is 6.11. The Kier molecular flexibility index (Phi) is 4.98. The quantitative estimate of drug-likeness (QED) is 0.768. The lowest BCUT2D eigenvalue weighted by Crippen LogP contribution is -2.43. The lowest BCUT2D eigenvalue weighted by atomic mass is 10.1. The average molecular weight is 369 g/mol. The molecule has 8 nitrogen and oxygen atoms in total. The summed E-state index contributed by atoms with van der Waals surface area (Å²) >= 11 is 0. The molecule has 0 radical (unpaired) electrons. The van der Waals surface area contributed by atoms with Crippen LogP contribution in [0.25, 0.3) is 0 Å². The second-order valence-corrected chi connectivity index (χ2v) is 6.90. The molecule has 1 aromatic heterocycles. The molecule has 0 spiro atoms. The van der Waals surface area contributed by atoms with Crippen LogP contribution >= 0.6 is 0 Å². The molecule has 3 amide bonds. The van der Waals surface area contributed by atoms with E-state index in [2.05, 4.69) is 21.0 Å². The van der Waals surface area contributed by atoms with Crippen molar-refractivity contribution in [2.45, 2.75) is 46.2 Å². The van der Waals surface area contributed by atoms with E-state index in [1.165, 1.54) is 0 Å². The predicted octanol–water partition coefficient (Wildman–Crippen LogP) is 2.16. The molecule has 0 saturated heterocycles. The SMILES string of the molecule is Cc1nn(C(C)C)c(C)c1NC(=O)CC1NC(=O)c2ccccc2NC1=O. The van der Waals surface area contributed by atoms with E-state index in [4.69, 9.17) is 0 Å². The zero-order valence-electron chi connectivity index (χ0n) is 15.8. The monoisotopic (exact) mass is 369 g/mol. The molecule has 0 aliphatic carbocycles. The number of carbonyl (C=O) groups is 3. The first kappa shape index (κ1) is 18.6. The molecule has 2 aromatic rings. The van der Waals surface area contributed by atoms with Crippen molar-refractivity contribution in [3.05, 3.63) is 41.2 Å². The van der Waals surface area contributed by atoms with Crippen molar-refractivity contribution in [1.82, 2.24) is 15.1 Å². The Hall–Kier alpha value is -3.16. The van der Waals surface area contributed by atoms with Crippen LogP contribution in [-0.4, -0.2) is 33.5 Å². The van der Waals surface area contributed by atoms with Crippen molar-refractivity contribution in [1.29, 1.82) is 0 Å². The van der Waals surface area contributed by atoms with Gasteiger partial charge in [-0.05, 0) is 39.8 Å². The summed E-state index contributed by atoms with van der Waals surface area (Å²) in [6, 6.07) is 5.95. The van der Waals surface area contributed by atoms with Crippen LogP contribution in [0.1, 0.15) is 48.1 Å². The summed E-state index contributed by atoms with van der Waals surface area (Å²) in [4.78, 5) is 37.3. The maximum atomic E-state index is 12.5. The number of hydrogen-bond acceptors (Lipinski definition) is 4. The van der Waals surface area contributed by atoms with Gasteiger partial charge in [-0.25, -0.2) is 0 Å². The number of rotatable bonds is 4. The van der Waals surface area contributed by atoms with Gasteiger partial charge < -0.3 is 16.0 Å². The molecule has 8 heteroatoms. The number of nitrogens with one attached hydrogen (secondary N) is 3. The van der Waals surface area contributed by atoms with E-state index in [0.717, 1.165) is 5.69 Å². The molecule has 1 atom stereocenters. The highest BCUT2D eigenvalue weighted by Gasteiger charge is 2.29. The van der Waals surface area contributed by atoms with Gasteiger partial charge in [0.1, 0.15) is 6.04 Å². The van der Waals surface area contributed by atoms with Crippen LogP contribution < -0.4 is 16.0 Å². The van der Waals surface area contributed by atoms with Crippen LogP contribution in [0.4, 0.5) is 11.4 Å². The third-order valence-electron chi connectivity index (χ3n) is 4.52. The van der Waals surface area contributed by atoms with Gasteiger partial charge in [-0.1, -0.05) is 12.1 Å². The molecule has 0 fully saturated rings. The molecule has 3 N–H and O–H groups in total. The van der Waals surface area contributed by atoms with Gasteiger partial charge in [0.05, 0.1) is 34.7 Å². The summed E-state index contributed by atoms with van der Waals surface area (Å²) in [7, 11) is 0. The van der Waals surface area contributed by atoms with Gasteiger partial charge in [0.2, 0.25) is 11.8 Å². The number of aryl methyl sites for hydroxylation is 1. The van der Waals surface area contributed by atoms with Gasteiger partial charge in [-0.15, -0.1) is 0 Å². The van der Waals surface area contributed by atoms with Crippen LogP contribution in [-0.2, 0) is 9.59 Å². The maximum absolute atomic E-state index is 12.5. The normalized spacial score (nSPS) is 16.4. The molecule has 142 valence electrons. The first-order valence-corrected chi connectivity index (χ1v) is 8.84. The zero-order valence-corrected chi connectivity index (χ0v) is 15.8. The maximum Gasteiger partial charge on any atom is 0.254 e. The Balaban J connectivity index is 1.74. The van der Waals surface area contributed by atoms with Gasteiger partial charge in [-0.2, -0.15) is 5.10 Å². The van der Waals surface area contributed by atoms with Gasteiger partial charge in [0.15, 0.2) is 0 Å². The molecule has 0 bridgehead atoms. The van der Waals surface area contributed by atoms with E-state index in [0.29, 0.717) is 22.6 Å². The molecule has 27 heavy (non-hydrogen) atoms. The molecule has 3 rings (SSSR count). The van der Waals surface area contributed by atoms with Crippen LogP contribution in [0, 0.1) is 13.8 Å². The number of fused-ring (bicyclic) bond motifs is 1. The lowest BCUT2D eigenvalue weighted by molar-refractivity contribution is -0.122. The number of hydrogen-bond donors (Lipinski definition) is 3. The Morgan fingerprint density at radius 3 is 2.63 bits per heavy atom. The fraction of sp³-hybridized carbons (Fsp3) is 0.368. The summed E-state index contributed by atoms with van der Waals surface area (Å²) < 4.78 is 1.84. The Morgan fingerprint density at radius 2 is 1.96 bits per heavy atom. The molecular formula is C19H23N5O3. The van der Waals surface area contributed by atoms with E-state index in [9.17, 15) is 14.4 Å². The Labute approximate surface area is 157 Å². The highest BCUT2D eigenvalue weighted by Crippen LogP contribution is 2.23. The average Bonchev–Trinajstić information content (AvgIpc) is 2.82. The van der Waals surface area contributed by atoms with Crippen LogP contribution in [0.2, 0.25) is 0 Å². The number of amides is 3. The summed E-state index contributed by atoms with van der Waals surface area (Å²) in [6.07, 6.45) is -0.169. The van der Waals surface area contributed by atoms with E-state index in [1.54, 1.807) is 24.3 Å². The first-order chi connectivity index (χ1) is 12.8. The van der Waals surface area contributed by atoms with E-state index < -0.39 is 11.9 Å². The van der Waals surface area contributed by atoms with E-state index in [1.807, 2.05) is 32.4 Å². The second kappa shape index (κ2) is 7.22. The van der Waals surface area contributed by atoms with Crippen LogP contribution in [0.15, 0.2) is 24.3 Å². The summed E-state index contributed by atoms with van der Waals surface area (Å²) in [5.41, 5.74) is 3.00. The molecule has 2 heterocycles. The van der Waals surface area contributed by atoms with Crippen molar-refractivity contribution in [2.24, 2.45) is 0 Å². The third-order valence-corrected chi connectivity index (χ3v) is 4.52. The van der Waals surface area contributed by atoms with Gasteiger partial charge in [-0.3, -0.25) is 19.1 Å². The van der Waals surface area contributed by atoms with Crippen molar-refractivity contribution >= 4 is 29.1 Å². The van der Waals surface area contributed by atoms with Crippen molar-refractivity contribution < 1.29 is 14.4 Å². The predicted molar refractivity (Wildman–Crippen MR) is 102 cm³/mol. The molecular weight excluding hydrogens is 346 g/mol. The zero-order chi connectivity index (χ0) is 19.7. The number of aromatic nitrogens is 2. The second-order valence-electron chi connectivity index (χ2n) is 6.90. The lowest BCUT2D eigenvalue weighted by Gasteiger charge is -2.15. The van der Waals surface area contributed by atoms with Crippen molar-refractivity contribution in [3.8, 4) is 0 Å². The minimum absolute atomic E-state index is 0.166. The summed E-state index contributed by atoms with van der Waals surface area (Å²) in [5.74, 6) is -1.17. The Morgan fingerprint density at radius 1 is 1.26 bits per heavy atom. The fourth-order valence-electron chi connectivity index (χ4n) is 3.18. The number of benzene rings is 1. The molecule has 1 aliphatic heterocycles. The van der Waals surface area contributed by atoms with Gasteiger partial charge in [0.25, 0.3) is 5.91 Å². The number of nitrogens with zero attached hydrogens (tertiary/aromatic N) is 2. The van der Waals surface area contributed by atoms with E-state index >= 15 is 0 Å². The van der Waals surface area contributed by atoms with Crippen molar-refractivity contribution in [3.63, 3.8) is 0 Å². The van der Waals surface area contributed by atoms with Gasteiger partial charge >= 0.3 is 0 Å². The largest absolute Gasteiger partial charge is 0.340 e. The molecule has 0 saturated carbocycles. The minimum Gasteiger partial charge on any atom is -0.340 e. The van der Waals surface area contributed by atoms with E-state index in [-0.39, 0.29) is 24.3 Å². The smallest absolute Gasteiger partial charge is 0.254 e. The van der Waals surface area contributed by atoms with Crippen LogP contribution in [0.5, 0.6) is 0 Å². The number of anilines is 2. The Bertz CT molecular complexity index is 916. The minimum atomic E-state index is -0.953. The van der Waals surface area contributed by atoms with Crippen LogP contribution in [0.3, 0.4) is 0 Å². The topological polar surface area (TPSA) is 105 Å². The molecule has 1 aromatic carbocycles. The first-order valence-electron chi connectivity index (χ1n) is 8.84. The standard InChI is InChI=1S/C19H23N5O3/c1-10(2)24-12(4)17(11(3)23-24)22-16(25)9-15-19(27)20-14-8-6-5-7-13(14)18(26)21-15/h5-8,10,15H,9H2,1-4H3,(H,20,27)(H,21,26)(H,22,25). The highest BCUT2D eigenvalue weighted by atomic mass is 16.2.